The Morgan fingerprint density at radius 3 is 2.91 bits per heavy atom. The lowest BCUT2D eigenvalue weighted by Crippen LogP contribution is -2.48. The first kappa shape index (κ1) is 21.8. The van der Waals surface area contributed by atoms with E-state index in [9.17, 15) is 14.4 Å². The molecule has 2 aromatic rings. The second kappa shape index (κ2) is 8.74. The molecular formula is C25H27N3O4S. The van der Waals surface area contributed by atoms with Crippen molar-refractivity contribution >= 4 is 35.2 Å². The molecule has 5 rings (SSSR count). The minimum absolute atomic E-state index is 0.0123. The second-order valence-corrected chi connectivity index (χ2v) is 9.54. The predicted octanol–water partition coefficient (Wildman–Crippen LogP) is 2.51. The van der Waals surface area contributed by atoms with E-state index in [2.05, 4.69) is 5.32 Å². The molecule has 8 heteroatoms. The van der Waals surface area contributed by atoms with Crippen molar-refractivity contribution in [3.8, 4) is 5.75 Å². The quantitative estimate of drug-likeness (QED) is 0.737. The maximum Gasteiger partial charge on any atom is 0.240 e. The normalized spacial score (nSPS) is 24.5. The molecule has 1 N–H and O–H groups in total. The van der Waals surface area contributed by atoms with Crippen LogP contribution < -0.4 is 15.0 Å². The van der Waals surface area contributed by atoms with Gasteiger partial charge in [0.15, 0.2) is 0 Å². The Labute approximate surface area is 197 Å². The number of hydrogen-bond acceptors (Lipinski definition) is 5. The van der Waals surface area contributed by atoms with Gasteiger partial charge in [0.1, 0.15) is 17.7 Å². The van der Waals surface area contributed by atoms with E-state index in [1.807, 2.05) is 59.7 Å². The zero-order valence-corrected chi connectivity index (χ0v) is 19.4. The molecule has 3 aliphatic rings. The number of para-hydroxylation sites is 1. The summed E-state index contributed by atoms with van der Waals surface area (Å²) in [5.41, 5.74) is 1.58. The van der Waals surface area contributed by atoms with Crippen LogP contribution in [0.5, 0.6) is 5.75 Å². The number of thioether (sulfide) groups is 1. The lowest BCUT2D eigenvalue weighted by atomic mass is 9.72. The first-order valence-electron chi connectivity index (χ1n) is 11.3. The maximum absolute atomic E-state index is 14.2. The molecule has 3 heterocycles. The van der Waals surface area contributed by atoms with E-state index in [1.54, 1.807) is 4.90 Å². The zero-order valence-electron chi connectivity index (χ0n) is 18.6. The number of anilines is 1. The maximum atomic E-state index is 14.2. The number of likely N-dealkylation sites (tertiary alicyclic amines) is 1. The summed E-state index contributed by atoms with van der Waals surface area (Å²) in [7, 11) is 0. The molecule has 3 aliphatic heterocycles. The van der Waals surface area contributed by atoms with Gasteiger partial charge in [-0.05, 0) is 48.4 Å². The molecule has 7 nitrogen and oxygen atoms in total. The standard InChI is InChI=1S/C25H27N3O4S/c1-33-16-22(30)27-12-10-25-19-8-2-3-9-20(19)28(24(25)31)15-21(29)26-11-5-13-32-18-7-4-6-17(14-18)23(25)27/h2-4,6-9,14,23H,5,10-13,15-16H2,1H3,(H,26,29)/t23-,25+/m0/s1. The van der Waals surface area contributed by atoms with E-state index in [0.29, 0.717) is 44.0 Å². The average Bonchev–Trinajstić information content (AvgIpc) is 3.32. The number of ether oxygens (including phenoxy) is 1. The number of carbonyl (C=O) groups is 3. The Balaban J connectivity index is 1.71. The number of fused-ring (bicyclic) bond motifs is 6. The highest BCUT2D eigenvalue weighted by Crippen LogP contribution is 2.56. The smallest absolute Gasteiger partial charge is 0.240 e. The molecule has 2 aromatic carbocycles. The molecule has 3 amide bonds. The third kappa shape index (κ3) is 3.57. The van der Waals surface area contributed by atoms with Gasteiger partial charge in [-0.25, -0.2) is 0 Å². The summed E-state index contributed by atoms with van der Waals surface area (Å²) >= 11 is 1.48. The van der Waals surface area contributed by atoms with E-state index < -0.39 is 11.5 Å². The Kier molecular flexibility index (Phi) is 5.78. The van der Waals surface area contributed by atoms with Gasteiger partial charge in [-0.1, -0.05) is 30.3 Å². The second-order valence-electron chi connectivity index (χ2n) is 8.68. The summed E-state index contributed by atoms with van der Waals surface area (Å²) < 4.78 is 5.94. The van der Waals surface area contributed by atoms with Crippen molar-refractivity contribution in [1.82, 2.24) is 10.2 Å². The van der Waals surface area contributed by atoms with Crippen LogP contribution in [0.15, 0.2) is 48.5 Å². The van der Waals surface area contributed by atoms with Gasteiger partial charge in [0.05, 0.1) is 18.4 Å². The summed E-state index contributed by atoms with van der Waals surface area (Å²) in [6, 6.07) is 15.0. The number of benzene rings is 2. The highest BCUT2D eigenvalue weighted by Gasteiger charge is 2.61. The van der Waals surface area contributed by atoms with Gasteiger partial charge in [0.25, 0.3) is 0 Å². The molecular weight excluding hydrogens is 438 g/mol. The van der Waals surface area contributed by atoms with Crippen LogP contribution in [0.1, 0.15) is 30.0 Å². The van der Waals surface area contributed by atoms with E-state index >= 15 is 0 Å². The van der Waals surface area contributed by atoms with Crippen LogP contribution in [0.25, 0.3) is 0 Å². The number of hydrogen-bond donors (Lipinski definition) is 1. The van der Waals surface area contributed by atoms with Crippen LogP contribution in [0.3, 0.4) is 0 Å². The molecule has 0 aliphatic carbocycles. The highest BCUT2D eigenvalue weighted by atomic mass is 32.2. The van der Waals surface area contributed by atoms with Crippen molar-refractivity contribution in [3.05, 3.63) is 59.7 Å². The van der Waals surface area contributed by atoms with E-state index in [0.717, 1.165) is 16.8 Å². The van der Waals surface area contributed by atoms with Crippen molar-refractivity contribution in [1.29, 1.82) is 0 Å². The zero-order chi connectivity index (χ0) is 23.0. The molecule has 0 aromatic heterocycles. The van der Waals surface area contributed by atoms with Crippen LogP contribution in [0.4, 0.5) is 5.69 Å². The van der Waals surface area contributed by atoms with Gasteiger partial charge >= 0.3 is 0 Å². The third-order valence-electron chi connectivity index (χ3n) is 6.80. The summed E-state index contributed by atoms with van der Waals surface area (Å²) in [6.07, 6.45) is 3.07. The van der Waals surface area contributed by atoms with Gasteiger partial charge in [0, 0.05) is 18.8 Å². The third-order valence-corrected chi connectivity index (χ3v) is 7.34. The van der Waals surface area contributed by atoms with Gasteiger partial charge in [-0.2, -0.15) is 11.8 Å². The van der Waals surface area contributed by atoms with Crippen molar-refractivity contribution in [2.75, 3.05) is 43.1 Å². The Bertz CT molecular complexity index is 1110. The Morgan fingerprint density at radius 1 is 1.21 bits per heavy atom. The van der Waals surface area contributed by atoms with E-state index in [4.69, 9.17) is 4.74 Å². The van der Waals surface area contributed by atoms with Crippen molar-refractivity contribution in [3.63, 3.8) is 0 Å². The fourth-order valence-electron chi connectivity index (χ4n) is 5.45. The fraction of sp³-hybridized carbons (Fsp3) is 0.400. The van der Waals surface area contributed by atoms with Gasteiger partial charge in [0.2, 0.25) is 17.7 Å². The molecule has 1 saturated heterocycles. The monoisotopic (exact) mass is 465 g/mol. The minimum atomic E-state index is -0.937. The first-order valence-corrected chi connectivity index (χ1v) is 12.6. The highest BCUT2D eigenvalue weighted by molar-refractivity contribution is 7.99. The molecule has 1 spiro atoms. The number of nitrogens with one attached hydrogen (secondary N) is 1. The van der Waals surface area contributed by atoms with E-state index in [-0.39, 0.29) is 24.3 Å². The first-order chi connectivity index (χ1) is 16.1. The lowest BCUT2D eigenvalue weighted by Gasteiger charge is -2.35. The summed E-state index contributed by atoms with van der Waals surface area (Å²) in [4.78, 5) is 43.5. The van der Waals surface area contributed by atoms with Crippen LogP contribution in [0.2, 0.25) is 0 Å². The van der Waals surface area contributed by atoms with Gasteiger partial charge < -0.3 is 19.9 Å². The minimum Gasteiger partial charge on any atom is -0.494 e. The average molecular weight is 466 g/mol. The van der Waals surface area contributed by atoms with Gasteiger partial charge in [-0.3, -0.25) is 14.4 Å². The van der Waals surface area contributed by atoms with Crippen LogP contribution in [0, 0.1) is 0 Å². The number of carbonyl (C=O) groups excluding carboxylic acids is 3. The summed E-state index contributed by atoms with van der Waals surface area (Å²) in [6.45, 7) is 1.39. The molecule has 4 bridgehead atoms. The summed E-state index contributed by atoms with van der Waals surface area (Å²) in [5, 5.41) is 2.90. The Hall–Kier alpha value is -3.00. The van der Waals surface area contributed by atoms with Crippen LogP contribution >= 0.6 is 11.8 Å². The van der Waals surface area contributed by atoms with Crippen LogP contribution in [-0.2, 0) is 19.8 Å². The Morgan fingerprint density at radius 2 is 2.06 bits per heavy atom. The van der Waals surface area contributed by atoms with Crippen LogP contribution in [-0.4, -0.2) is 60.9 Å². The molecule has 0 unspecified atom stereocenters. The molecule has 172 valence electrons. The molecule has 33 heavy (non-hydrogen) atoms. The number of rotatable bonds is 2. The topological polar surface area (TPSA) is 79.0 Å². The fourth-order valence-corrected chi connectivity index (χ4v) is 5.86. The molecule has 1 fully saturated rings. The van der Waals surface area contributed by atoms with E-state index in [1.165, 1.54) is 11.8 Å². The molecule has 2 atom stereocenters. The predicted molar refractivity (Wildman–Crippen MR) is 127 cm³/mol. The molecule has 0 saturated carbocycles. The number of nitrogens with zero attached hydrogens (tertiary/aromatic N) is 2. The van der Waals surface area contributed by atoms with Crippen molar-refractivity contribution in [2.24, 2.45) is 0 Å². The largest absolute Gasteiger partial charge is 0.494 e. The molecule has 0 radical (unpaired) electrons. The summed E-state index contributed by atoms with van der Waals surface area (Å²) in [5.74, 6) is 0.747. The lowest BCUT2D eigenvalue weighted by molar-refractivity contribution is -0.132. The van der Waals surface area contributed by atoms with Gasteiger partial charge in [-0.15, -0.1) is 0 Å². The SMILES string of the molecule is CSCC(=O)N1CC[C@]23C(=O)N(CC(=O)NCCCOc4cccc(c4)[C@H]12)c1ccccc13. The van der Waals surface area contributed by atoms with Crippen molar-refractivity contribution < 1.29 is 19.1 Å². The number of amides is 3. The van der Waals surface area contributed by atoms with Crippen molar-refractivity contribution in [2.45, 2.75) is 24.3 Å².